The van der Waals surface area contributed by atoms with E-state index in [1.165, 1.54) is 0 Å². The summed E-state index contributed by atoms with van der Waals surface area (Å²) in [7, 11) is 1.86. The molecule has 0 aliphatic carbocycles. The number of carbonyl (C=O) groups is 2. The summed E-state index contributed by atoms with van der Waals surface area (Å²) in [6, 6.07) is 5.50. The number of likely N-dealkylation sites (tertiary alicyclic amines) is 1. The van der Waals surface area contributed by atoms with E-state index in [0.29, 0.717) is 25.3 Å². The van der Waals surface area contributed by atoms with Crippen molar-refractivity contribution >= 4 is 23.0 Å². The zero-order valence-electron chi connectivity index (χ0n) is 16.6. The molecule has 1 atom stereocenters. The van der Waals surface area contributed by atoms with Gasteiger partial charge in [0.2, 0.25) is 0 Å². The first-order valence-electron chi connectivity index (χ1n) is 9.31. The normalized spacial score (nSPS) is 17.4. The number of hydrogen-bond acceptors (Lipinski definition) is 5. The number of carbonyl (C=O) groups excluding carboxylic acids is 2. The average molecular weight is 373 g/mol. The molecule has 0 bridgehead atoms. The van der Waals surface area contributed by atoms with E-state index in [4.69, 9.17) is 9.47 Å². The number of fused-ring (bicyclic) bond motifs is 1. The van der Waals surface area contributed by atoms with Gasteiger partial charge >= 0.3 is 12.1 Å². The molecule has 7 heteroatoms. The lowest BCUT2D eigenvalue weighted by atomic mass is 10.0. The number of aryl methyl sites for hydroxylation is 1. The zero-order chi connectivity index (χ0) is 19.8. The Kier molecular flexibility index (Phi) is 5.13. The van der Waals surface area contributed by atoms with Gasteiger partial charge in [0.25, 0.3) is 0 Å². The van der Waals surface area contributed by atoms with Gasteiger partial charge in [0.05, 0.1) is 23.4 Å². The topological polar surface area (TPSA) is 73.7 Å². The Bertz CT molecular complexity index is 866. The zero-order valence-corrected chi connectivity index (χ0v) is 16.6. The maximum Gasteiger partial charge on any atom is 0.410 e. The monoisotopic (exact) mass is 373 g/mol. The lowest BCUT2D eigenvalue weighted by molar-refractivity contribution is 0.0292. The van der Waals surface area contributed by atoms with Crippen molar-refractivity contribution in [1.82, 2.24) is 14.7 Å². The van der Waals surface area contributed by atoms with Crippen molar-refractivity contribution < 1.29 is 19.1 Å². The maximum atomic E-state index is 12.3. The van der Waals surface area contributed by atoms with Crippen molar-refractivity contribution in [3.63, 3.8) is 0 Å². The predicted octanol–water partition coefficient (Wildman–Crippen LogP) is 3.47. The standard InChI is InChI=1S/C20H27N3O4/c1-6-26-18(24)13-7-8-15-16(11-13)22(5)21-17(15)14-9-10-23(12-14)19(25)27-20(2,3)4/h7-8,11,14H,6,9-10,12H2,1-5H3. The van der Waals surface area contributed by atoms with Gasteiger partial charge in [0, 0.05) is 31.4 Å². The molecule has 7 nitrogen and oxygen atoms in total. The highest BCUT2D eigenvalue weighted by atomic mass is 16.6. The third kappa shape index (κ3) is 4.07. The molecule has 0 radical (unpaired) electrons. The number of esters is 1. The van der Waals surface area contributed by atoms with Crippen molar-refractivity contribution in [1.29, 1.82) is 0 Å². The van der Waals surface area contributed by atoms with Crippen LogP contribution in [0.5, 0.6) is 0 Å². The molecular weight excluding hydrogens is 346 g/mol. The first kappa shape index (κ1) is 19.2. The minimum Gasteiger partial charge on any atom is -0.462 e. The van der Waals surface area contributed by atoms with Crippen molar-refractivity contribution in [3.05, 3.63) is 29.5 Å². The Morgan fingerprint density at radius 2 is 2.04 bits per heavy atom. The Morgan fingerprint density at radius 3 is 2.70 bits per heavy atom. The van der Waals surface area contributed by atoms with E-state index in [1.54, 1.807) is 22.6 Å². The van der Waals surface area contributed by atoms with Crippen molar-refractivity contribution in [3.8, 4) is 0 Å². The van der Waals surface area contributed by atoms with Crippen LogP contribution in [0.1, 0.15) is 56.1 Å². The van der Waals surface area contributed by atoms with Crippen molar-refractivity contribution in [2.75, 3.05) is 19.7 Å². The lowest BCUT2D eigenvalue weighted by Gasteiger charge is -2.24. The summed E-state index contributed by atoms with van der Waals surface area (Å²) in [6.45, 7) is 8.97. The van der Waals surface area contributed by atoms with Gasteiger partial charge in [0.15, 0.2) is 0 Å². The maximum absolute atomic E-state index is 12.3. The fourth-order valence-corrected chi connectivity index (χ4v) is 3.40. The van der Waals surface area contributed by atoms with E-state index in [2.05, 4.69) is 5.10 Å². The molecule has 1 fully saturated rings. The number of ether oxygens (including phenoxy) is 2. The predicted molar refractivity (Wildman–Crippen MR) is 102 cm³/mol. The van der Waals surface area contributed by atoms with Gasteiger partial charge in [-0.25, -0.2) is 9.59 Å². The molecule has 1 aromatic heterocycles. The molecule has 1 unspecified atom stereocenters. The van der Waals surface area contributed by atoms with Crippen molar-refractivity contribution in [2.45, 2.75) is 45.6 Å². The highest BCUT2D eigenvalue weighted by Gasteiger charge is 2.33. The van der Waals surface area contributed by atoms with Crippen LogP contribution in [0, 0.1) is 0 Å². The van der Waals surface area contributed by atoms with Crippen molar-refractivity contribution in [2.24, 2.45) is 7.05 Å². The van der Waals surface area contributed by atoms with Gasteiger partial charge in [-0.3, -0.25) is 4.68 Å². The summed E-state index contributed by atoms with van der Waals surface area (Å²) in [6.07, 6.45) is 0.556. The number of amides is 1. The highest BCUT2D eigenvalue weighted by Crippen LogP contribution is 2.32. The molecule has 1 aliphatic heterocycles. The fourth-order valence-electron chi connectivity index (χ4n) is 3.40. The lowest BCUT2D eigenvalue weighted by Crippen LogP contribution is -2.35. The van der Waals surface area contributed by atoms with Crippen LogP contribution in [-0.2, 0) is 16.5 Å². The van der Waals surface area contributed by atoms with Crippen LogP contribution in [0.15, 0.2) is 18.2 Å². The summed E-state index contributed by atoms with van der Waals surface area (Å²) in [5.74, 6) is -0.186. The van der Waals surface area contributed by atoms with Crippen LogP contribution < -0.4 is 0 Å². The first-order valence-corrected chi connectivity index (χ1v) is 9.31. The van der Waals surface area contributed by atoms with Gasteiger partial charge in [-0.1, -0.05) is 6.07 Å². The molecule has 2 heterocycles. The summed E-state index contributed by atoms with van der Waals surface area (Å²) in [5.41, 5.74) is 1.84. The Hall–Kier alpha value is -2.57. The molecule has 1 saturated heterocycles. The van der Waals surface area contributed by atoms with Crippen LogP contribution in [0.25, 0.3) is 10.9 Å². The van der Waals surface area contributed by atoms with Gasteiger partial charge < -0.3 is 14.4 Å². The number of hydrogen-bond donors (Lipinski definition) is 0. The summed E-state index contributed by atoms with van der Waals surface area (Å²) in [4.78, 5) is 26.0. The van der Waals surface area contributed by atoms with E-state index in [9.17, 15) is 9.59 Å². The molecule has 27 heavy (non-hydrogen) atoms. The number of benzene rings is 1. The van der Waals surface area contributed by atoms with Crippen LogP contribution >= 0.6 is 0 Å². The SMILES string of the molecule is CCOC(=O)c1ccc2c(C3CCN(C(=O)OC(C)(C)C)C3)nn(C)c2c1. The second kappa shape index (κ2) is 7.21. The third-order valence-electron chi connectivity index (χ3n) is 4.62. The summed E-state index contributed by atoms with van der Waals surface area (Å²) in [5, 5.41) is 5.67. The molecule has 1 aliphatic rings. The highest BCUT2D eigenvalue weighted by molar-refractivity contribution is 5.95. The smallest absolute Gasteiger partial charge is 0.410 e. The van der Waals surface area contributed by atoms with Crippen LogP contribution in [0.3, 0.4) is 0 Å². The third-order valence-corrected chi connectivity index (χ3v) is 4.62. The van der Waals surface area contributed by atoms with Crippen LogP contribution in [0.4, 0.5) is 4.79 Å². The Balaban J connectivity index is 1.82. The van der Waals surface area contributed by atoms with E-state index in [-0.39, 0.29) is 18.0 Å². The van der Waals surface area contributed by atoms with Gasteiger partial charge in [-0.2, -0.15) is 5.10 Å². The van der Waals surface area contributed by atoms with Crippen LogP contribution in [0.2, 0.25) is 0 Å². The number of rotatable bonds is 3. The van der Waals surface area contributed by atoms with Gasteiger partial charge in [-0.15, -0.1) is 0 Å². The number of aromatic nitrogens is 2. The van der Waals surface area contributed by atoms with Crippen LogP contribution in [-0.4, -0.2) is 52.0 Å². The number of nitrogens with zero attached hydrogens (tertiary/aromatic N) is 3. The fraction of sp³-hybridized carbons (Fsp3) is 0.550. The minimum absolute atomic E-state index is 0.148. The van der Waals surface area contributed by atoms with E-state index in [1.807, 2.05) is 40.0 Å². The molecule has 0 saturated carbocycles. The largest absolute Gasteiger partial charge is 0.462 e. The second-order valence-electron chi connectivity index (χ2n) is 7.87. The molecule has 146 valence electrons. The van der Waals surface area contributed by atoms with Gasteiger partial charge in [0.1, 0.15) is 5.60 Å². The molecule has 0 spiro atoms. The van der Waals surface area contributed by atoms with E-state index < -0.39 is 5.60 Å². The van der Waals surface area contributed by atoms with E-state index >= 15 is 0 Å². The Morgan fingerprint density at radius 1 is 1.30 bits per heavy atom. The minimum atomic E-state index is -0.504. The molecule has 0 N–H and O–H groups in total. The van der Waals surface area contributed by atoms with E-state index in [0.717, 1.165) is 23.0 Å². The second-order valence-corrected chi connectivity index (χ2v) is 7.87. The molecule has 1 aromatic carbocycles. The molecule has 2 aromatic rings. The molecule has 1 amide bonds. The summed E-state index contributed by atoms with van der Waals surface area (Å²) >= 11 is 0. The first-order chi connectivity index (χ1) is 12.7. The molecule has 3 rings (SSSR count). The van der Waals surface area contributed by atoms with Gasteiger partial charge in [-0.05, 0) is 46.2 Å². The Labute approximate surface area is 159 Å². The summed E-state index contributed by atoms with van der Waals surface area (Å²) < 4.78 is 12.3. The molecular formula is C20H27N3O4. The average Bonchev–Trinajstić information content (AvgIpc) is 3.18. The quantitative estimate of drug-likeness (QED) is 0.770.